The fourth-order valence-corrected chi connectivity index (χ4v) is 3.11. The van der Waals surface area contributed by atoms with E-state index < -0.39 is 0 Å². The molecule has 18 heavy (non-hydrogen) atoms. The van der Waals surface area contributed by atoms with Crippen molar-refractivity contribution in [3.8, 4) is 0 Å². The lowest BCUT2D eigenvalue weighted by Crippen LogP contribution is -2.08. The number of aliphatic imine (C=N–C) groups is 1. The zero-order valence-corrected chi connectivity index (χ0v) is 13.0. The summed E-state index contributed by atoms with van der Waals surface area (Å²) in [4.78, 5) is 4.66. The highest BCUT2D eigenvalue weighted by atomic mass is 79.9. The Morgan fingerprint density at radius 3 is 3.17 bits per heavy atom. The topological polar surface area (TPSA) is 33.6 Å². The molecule has 0 bridgehead atoms. The van der Waals surface area contributed by atoms with Crippen LogP contribution in [0, 0.1) is 6.92 Å². The molecule has 1 aliphatic heterocycles. The Bertz CT molecular complexity index is 451. The van der Waals surface area contributed by atoms with Crippen LogP contribution in [0.2, 0.25) is 0 Å². The van der Waals surface area contributed by atoms with Gasteiger partial charge in [0.2, 0.25) is 0 Å². The van der Waals surface area contributed by atoms with E-state index in [2.05, 4.69) is 39.2 Å². The second kappa shape index (κ2) is 6.59. The van der Waals surface area contributed by atoms with Gasteiger partial charge < -0.3 is 10.1 Å². The van der Waals surface area contributed by atoms with Crippen molar-refractivity contribution < 1.29 is 4.74 Å². The van der Waals surface area contributed by atoms with Crippen LogP contribution in [-0.4, -0.2) is 30.7 Å². The molecule has 0 fully saturated rings. The van der Waals surface area contributed by atoms with Crippen LogP contribution < -0.4 is 5.32 Å². The molecule has 0 radical (unpaired) electrons. The maximum atomic E-state index is 5.09. The van der Waals surface area contributed by atoms with E-state index >= 15 is 0 Å². The Hall–Kier alpha value is -0.520. The Morgan fingerprint density at radius 2 is 2.39 bits per heavy atom. The van der Waals surface area contributed by atoms with Gasteiger partial charge in [-0.2, -0.15) is 0 Å². The van der Waals surface area contributed by atoms with E-state index in [1.54, 1.807) is 18.9 Å². The van der Waals surface area contributed by atoms with Crippen LogP contribution >= 0.6 is 27.7 Å². The quantitative estimate of drug-likeness (QED) is 0.915. The van der Waals surface area contributed by atoms with Gasteiger partial charge in [0.15, 0.2) is 5.17 Å². The first-order valence-corrected chi connectivity index (χ1v) is 7.70. The SMILES string of the molecule is COCCC1CSC(Nc2cccc(Br)c2C)=N1. The molecule has 0 aromatic heterocycles. The number of amidine groups is 1. The molecular weight excluding hydrogens is 312 g/mol. The predicted molar refractivity (Wildman–Crippen MR) is 82.7 cm³/mol. The van der Waals surface area contributed by atoms with Gasteiger partial charge in [-0.05, 0) is 31.0 Å². The fraction of sp³-hybridized carbons (Fsp3) is 0.462. The van der Waals surface area contributed by atoms with E-state index in [-0.39, 0.29) is 0 Å². The molecule has 1 heterocycles. The van der Waals surface area contributed by atoms with Crippen LogP contribution in [-0.2, 0) is 4.74 Å². The normalized spacial score (nSPS) is 18.8. The zero-order chi connectivity index (χ0) is 13.0. The standard InChI is InChI=1S/C13H17BrN2OS/c1-9-11(14)4-3-5-12(9)16-13-15-10(8-18-13)6-7-17-2/h3-5,10H,6-8H2,1-2H3,(H,15,16). The summed E-state index contributed by atoms with van der Waals surface area (Å²) in [7, 11) is 1.73. The molecule has 0 saturated carbocycles. The smallest absolute Gasteiger partial charge is 0.161 e. The van der Waals surface area contributed by atoms with Crippen LogP contribution in [0.15, 0.2) is 27.7 Å². The van der Waals surface area contributed by atoms with Crippen LogP contribution in [0.4, 0.5) is 5.69 Å². The number of nitrogens with zero attached hydrogens (tertiary/aromatic N) is 1. The van der Waals surface area contributed by atoms with Gasteiger partial charge >= 0.3 is 0 Å². The number of hydrogen-bond donors (Lipinski definition) is 1. The van der Waals surface area contributed by atoms with Gasteiger partial charge in [0.25, 0.3) is 0 Å². The molecular formula is C13H17BrN2OS. The average Bonchev–Trinajstić information content (AvgIpc) is 2.80. The highest BCUT2D eigenvalue weighted by Crippen LogP contribution is 2.27. The molecule has 1 atom stereocenters. The molecule has 0 aliphatic carbocycles. The number of rotatable bonds is 4. The minimum absolute atomic E-state index is 0.380. The first-order valence-electron chi connectivity index (χ1n) is 5.92. The molecule has 0 spiro atoms. The maximum Gasteiger partial charge on any atom is 0.161 e. The summed E-state index contributed by atoms with van der Waals surface area (Å²) in [6, 6.07) is 6.53. The average molecular weight is 329 g/mol. The number of thioether (sulfide) groups is 1. The summed E-state index contributed by atoms with van der Waals surface area (Å²) in [5.41, 5.74) is 2.32. The molecule has 1 aliphatic rings. The van der Waals surface area contributed by atoms with E-state index in [0.29, 0.717) is 6.04 Å². The number of ether oxygens (including phenoxy) is 1. The number of hydrogen-bond acceptors (Lipinski definition) is 4. The number of nitrogens with one attached hydrogen (secondary N) is 1. The van der Waals surface area contributed by atoms with Crippen LogP contribution in [0.3, 0.4) is 0 Å². The Kier molecular flexibility index (Phi) is 5.09. The van der Waals surface area contributed by atoms with Crippen LogP contribution in [0.25, 0.3) is 0 Å². The Balaban J connectivity index is 2.00. The van der Waals surface area contributed by atoms with E-state index in [1.165, 1.54) is 5.56 Å². The van der Waals surface area contributed by atoms with E-state index in [1.807, 2.05) is 12.1 Å². The van der Waals surface area contributed by atoms with E-state index in [9.17, 15) is 0 Å². The summed E-state index contributed by atoms with van der Waals surface area (Å²) < 4.78 is 6.20. The molecule has 3 nitrogen and oxygen atoms in total. The Labute approximate surface area is 121 Å². The molecule has 1 aromatic carbocycles. The zero-order valence-electron chi connectivity index (χ0n) is 10.6. The number of benzene rings is 1. The van der Waals surface area contributed by atoms with Gasteiger partial charge in [-0.25, -0.2) is 0 Å². The minimum Gasteiger partial charge on any atom is -0.385 e. The van der Waals surface area contributed by atoms with Crippen LogP contribution in [0.1, 0.15) is 12.0 Å². The number of anilines is 1. The first kappa shape index (κ1) is 13.9. The van der Waals surface area contributed by atoms with Crippen molar-refractivity contribution >= 4 is 38.5 Å². The maximum absolute atomic E-state index is 5.09. The van der Waals surface area contributed by atoms with Gasteiger partial charge in [0.05, 0.1) is 6.04 Å². The highest BCUT2D eigenvalue weighted by molar-refractivity contribution is 9.10. The molecule has 98 valence electrons. The van der Waals surface area contributed by atoms with Gasteiger partial charge in [-0.1, -0.05) is 33.8 Å². The lowest BCUT2D eigenvalue weighted by Gasteiger charge is -2.09. The van der Waals surface area contributed by atoms with E-state index in [4.69, 9.17) is 4.74 Å². The highest BCUT2D eigenvalue weighted by Gasteiger charge is 2.18. The summed E-state index contributed by atoms with van der Waals surface area (Å²) in [5.74, 6) is 1.04. The van der Waals surface area contributed by atoms with Crippen molar-refractivity contribution in [2.45, 2.75) is 19.4 Å². The molecule has 1 unspecified atom stereocenters. The first-order chi connectivity index (χ1) is 8.70. The predicted octanol–water partition coefficient (Wildman–Crippen LogP) is 3.68. The summed E-state index contributed by atoms with van der Waals surface area (Å²) in [6.07, 6.45) is 0.992. The van der Waals surface area contributed by atoms with Crippen molar-refractivity contribution in [2.24, 2.45) is 4.99 Å². The fourth-order valence-electron chi connectivity index (χ4n) is 1.74. The molecule has 0 saturated heterocycles. The molecule has 1 N–H and O–H groups in total. The summed E-state index contributed by atoms with van der Waals surface area (Å²) in [6.45, 7) is 2.87. The molecule has 5 heteroatoms. The molecule has 1 aromatic rings. The lowest BCUT2D eigenvalue weighted by molar-refractivity contribution is 0.190. The third-order valence-electron chi connectivity index (χ3n) is 2.88. The van der Waals surface area contributed by atoms with Crippen molar-refractivity contribution in [3.05, 3.63) is 28.2 Å². The van der Waals surface area contributed by atoms with Crippen LogP contribution in [0.5, 0.6) is 0 Å². The second-order valence-electron chi connectivity index (χ2n) is 4.22. The second-order valence-corrected chi connectivity index (χ2v) is 6.08. The number of halogens is 1. The third kappa shape index (κ3) is 3.49. The minimum atomic E-state index is 0.380. The summed E-state index contributed by atoms with van der Waals surface area (Å²) in [5, 5.41) is 4.41. The van der Waals surface area contributed by atoms with Gasteiger partial charge in [0.1, 0.15) is 0 Å². The lowest BCUT2D eigenvalue weighted by atomic mass is 10.2. The third-order valence-corrected chi connectivity index (χ3v) is 4.77. The van der Waals surface area contributed by atoms with Gasteiger partial charge in [0, 0.05) is 29.6 Å². The van der Waals surface area contributed by atoms with E-state index in [0.717, 1.165) is 34.1 Å². The van der Waals surface area contributed by atoms with Crippen molar-refractivity contribution in [2.75, 3.05) is 24.8 Å². The largest absolute Gasteiger partial charge is 0.385 e. The van der Waals surface area contributed by atoms with Gasteiger partial charge in [-0.15, -0.1) is 0 Å². The molecule has 0 amide bonds. The number of methoxy groups -OCH3 is 1. The summed E-state index contributed by atoms with van der Waals surface area (Å²) >= 11 is 5.32. The Morgan fingerprint density at radius 1 is 1.56 bits per heavy atom. The molecule has 2 rings (SSSR count). The van der Waals surface area contributed by atoms with Crippen molar-refractivity contribution in [1.82, 2.24) is 0 Å². The monoisotopic (exact) mass is 328 g/mol. The van der Waals surface area contributed by atoms with Crippen molar-refractivity contribution in [1.29, 1.82) is 0 Å². The van der Waals surface area contributed by atoms with Crippen molar-refractivity contribution in [3.63, 3.8) is 0 Å². The van der Waals surface area contributed by atoms with Gasteiger partial charge in [-0.3, -0.25) is 4.99 Å².